The smallest absolute Gasteiger partial charge is 0.260 e. The molecular formula is C11H12FN3O3S. The summed E-state index contributed by atoms with van der Waals surface area (Å²) in [4.78, 5) is 18.1. The van der Waals surface area contributed by atoms with Crippen LogP contribution in [0.3, 0.4) is 0 Å². The molecule has 0 unspecified atom stereocenters. The van der Waals surface area contributed by atoms with Crippen molar-refractivity contribution in [2.75, 3.05) is 6.61 Å². The molecule has 6 nitrogen and oxygen atoms in total. The van der Waals surface area contributed by atoms with Crippen molar-refractivity contribution in [3.05, 3.63) is 28.9 Å². The summed E-state index contributed by atoms with van der Waals surface area (Å²) in [5.74, 6) is 0. The van der Waals surface area contributed by atoms with E-state index in [4.69, 9.17) is 5.11 Å². The Hall–Kier alpha value is -1.38. The number of nitrogens with one attached hydrogen (secondary N) is 1. The lowest BCUT2D eigenvalue weighted by Crippen LogP contribution is -2.29. The molecule has 1 aliphatic rings. The number of halogens is 1. The van der Waals surface area contributed by atoms with Gasteiger partial charge >= 0.3 is 0 Å². The molecule has 0 aromatic carbocycles. The Kier molecular flexibility index (Phi) is 3.08. The fraction of sp³-hybridized carbons (Fsp3) is 0.455. The zero-order valence-electron chi connectivity index (χ0n) is 9.73. The van der Waals surface area contributed by atoms with Crippen LogP contribution in [-0.2, 0) is 0 Å². The van der Waals surface area contributed by atoms with Crippen LogP contribution in [0.2, 0.25) is 0 Å². The summed E-state index contributed by atoms with van der Waals surface area (Å²) >= 11 is 1.14. The van der Waals surface area contributed by atoms with Crippen molar-refractivity contribution in [3.63, 3.8) is 0 Å². The largest absolute Gasteiger partial charge is 0.395 e. The number of fused-ring (bicyclic) bond motifs is 1. The molecule has 0 amide bonds. The summed E-state index contributed by atoms with van der Waals surface area (Å²) in [6.07, 6.45) is 0.127. The number of H-pyrrole nitrogens is 1. The molecule has 102 valence electrons. The Bertz CT molecular complexity index is 658. The lowest BCUT2D eigenvalue weighted by atomic mass is 10.1. The molecule has 3 N–H and O–H groups in total. The average molecular weight is 285 g/mol. The number of thioether (sulfide) groups is 1. The van der Waals surface area contributed by atoms with Gasteiger partial charge < -0.3 is 19.8 Å². The van der Waals surface area contributed by atoms with Crippen molar-refractivity contribution < 1.29 is 14.6 Å². The number of nitrogens with zero attached hydrogens (tertiary/aromatic N) is 2. The minimum atomic E-state index is -1.50. The van der Waals surface area contributed by atoms with Crippen LogP contribution in [0.25, 0.3) is 11.0 Å². The summed E-state index contributed by atoms with van der Waals surface area (Å²) in [6, 6.07) is 1.58. The van der Waals surface area contributed by atoms with E-state index >= 15 is 0 Å². The highest BCUT2D eigenvalue weighted by molar-refractivity contribution is 8.00. The van der Waals surface area contributed by atoms with Gasteiger partial charge in [0.25, 0.3) is 5.56 Å². The van der Waals surface area contributed by atoms with Crippen LogP contribution >= 0.6 is 11.8 Å². The number of aliphatic hydroxyl groups excluding tert-OH is 2. The minimum absolute atomic E-state index is 0.281. The lowest BCUT2D eigenvalue weighted by Gasteiger charge is -2.16. The van der Waals surface area contributed by atoms with E-state index in [-0.39, 0.29) is 12.2 Å². The highest BCUT2D eigenvalue weighted by atomic mass is 32.2. The molecule has 0 radical (unpaired) electrons. The average Bonchev–Trinajstić information content (AvgIpc) is 2.94. The number of aliphatic hydroxyl groups is 2. The van der Waals surface area contributed by atoms with Gasteiger partial charge in [-0.05, 0) is 6.07 Å². The summed E-state index contributed by atoms with van der Waals surface area (Å²) in [5, 5.41) is 18.1. The lowest BCUT2D eigenvalue weighted by molar-refractivity contribution is 0.0643. The number of hydrogen-bond acceptors (Lipinski definition) is 5. The van der Waals surface area contributed by atoms with Crippen molar-refractivity contribution in [2.24, 2.45) is 0 Å². The van der Waals surface area contributed by atoms with Crippen molar-refractivity contribution in [1.82, 2.24) is 14.5 Å². The van der Waals surface area contributed by atoms with E-state index in [0.29, 0.717) is 11.0 Å². The first-order valence-corrected chi connectivity index (χ1v) is 6.70. The fourth-order valence-corrected chi connectivity index (χ4v) is 3.64. The third kappa shape index (κ3) is 1.87. The molecule has 1 fully saturated rings. The molecule has 1 saturated heterocycles. The van der Waals surface area contributed by atoms with Gasteiger partial charge in [-0.15, -0.1) is 11.8 Å². The number of aromatic nitrogens is 3. The predicted octanol–water partition coefficient (Wildman–Crippen LogP) is 0.0299. The molecule has 3 heterocycles. The van der Waals surface area contributed by atoms with Crippen molar-refractivity contribution in [2.45, 2.75) is 22.9 Å². The van der Waals surface area contributed by atoms with E-state index in [1.807, 2.05) is 0 Å². The van der Waals surface area contributed by atoms with E-state index in [1.54, 1.807) is 16.8 Å². The normalized spacial score (nSPS) is 31.1. The molecule has 0 aliphatic carbocycles. The molecule has 3 rings (SSSR count). The SMILES string of the molecule is O=c1[nH]cnc2c1ccn2[C@@H]1S[C@H](CO)[C@@H](F)[C@H]1O. The van der Waals surface area contributed by atoms with E-state index in [9.17, 15) is 14.3 Å². The molecular weight excluding hydrogens is 273 g/mol. The Balaban J connectivity index is 2.06. The first-order valence-electron chi connectivity index (χ1n) is 5.76. The minimum Gasteiger partial charge on any atom is -0.395 e. The molecule has 8 heteroatoms. The predicted molar refractivity (Wildman–Crippen MR) is 68.8 cm³/mol. The summed E-state index contributed by atoms with van der Waals surface area (Å²) in [5.41, 5.74) is 0.114. The van der Waals surface area contributed by atoms with E-state index in [1.165, 1.54) is 6.33 Å². The maximum absolute atomic E-state index is 13.8. The second-order valence-corrected chi connectivity index (χ2v) is 5.74. The van der Waals surface area contributed by atoms with E-state index in [0.717, 1.165) is 11.8 Å². The molecule has 0 spiro atoms. The van der Waals surface area contributed by atoms with Gasteiger partial charge in [-0.1, -0.05) is 0 Å². The second-order valence-electron chi connectivity index (χ2n) is 4.37. The van der Waals surface area contributed by atoms with E-state index < -0.39 is 22.9 Å². The van der Waals surface area contributed by atoms with Gasteiger partial charge in [0.2, 0.25) is 0 Å². The van der Waals surface area contributed by atoms with Crippen molar-refractivity contribution in [1.29, 1.82) is 0 Å². The Morgan fingerprint density at radius 1 is 1.58 bits per heavy atom. The quantitative estimate of drug-likeness (QED) is 0.724. The molecule has 0 saturated carbocycles. The van der Waals surface area contributed by atoms with Gasteiger partial charge in [-0.3, -0.25) is 4.79 Å². The summed E-state index contributed by atoms with van der Waals surface area (Å²) in [6.45, 7) is -0.341. The topological polar surface area (TPSA) is 91.1 Å². The van der Waals surface area contributed by atoms with Gasteiger partial charge in [0.05, 0.1) is 23.6 Å². The fourth-order valence-electron chi connectivity index (χ4n) is 2.27. The summed E-state index contributed by atoms with van der Waals surface area (Å²) in [7, 11) is 0. The van der Waals surface area contributed by atoms with Gasteiger partial charge in [0.1, 0.15) is 23.3 Å². The highest BCUT2D eigenvalue weighted by Gasteiger charge is 2.44. The Morgan fingerprint density at radius 3 is 3.05 bits per heavy atom. The van der Waals surface area contributed by atoms with E-state index in [2.05, 4.69) is 9.97 Å². The zero-order valence-corrected chi connectivity index (χ0v) is 10.5. The van der Waals surface area contributed by atoms with Crippen LogP contribution in [0.1, 0.15) is 5.37 Å². The number of alkyl halides is 1. The first kappa shape index (κ1) is 12.6. The number of rotatable bonds is 2. The maximum Gasteiger partial charge on any atom is 0.260 e. The molecule has 1 aliphatic heterocycles. The van der Waals surface area contributed by atoms with Crippen LogP contribution < -0.4 is 5.56 Å². The van der Waals surface area contributed by atoms with Crippen LogP contribution in [0.5, 0.6) is 0 Å². The standard InChI is InChI=1S/C11H12FN3O3S/c12-7-6(3-16)19-11(8(7)17)15-2-1-5-9(15)13-4-14-10(5)18/h1-2,4,6-8,11,16-17H,3H2,(H,13,14,18)/t6-,7-,8-,11-/m1/s1. The highest BCUT2D eigenvalue weighted by Crippen LogP contribution is 2.44. The first-order chi connectivity index (χ1) is 9.13. The van der Waals surface area contributed by atoms with Gasteiger partial charge in [-0.25, -0.2) is 9.37 Å². The van der Waals surface area contributed by atoms with Crippen LogP contribution in [0.15, 0.2) is 23.4 Å². The molecule has 0 bridgehead atoms. The molecule has 19 heavy (non-hydrogen) atoms. The van der Waals surface area contributed by atoms with Gasteiger partial charge in [-0.2, -0.15) is 0 Å². The van der Waals surface area contributed by atoms with Crippen molar-refractivity contribution >= 4 is 22.8 Å². The molecule has 4 atom stereocenters. The third-order valence-corrected chi connectivity index (χ3v) is 4.80. The number of hydrogen-bond donors (Lipinski definition) is 3. The van der Waals surface area contributed by atoms with Crippen LogP contribution in [0.4, 0.5) is 4.39 Å². The zero-order chi connectivity index (χ0) is 13.6. The number of aromatic amines is 1. The van der Waals surface area contributed by atoms with Gasteiger partial charge in [0, 0.05) is 6.20 Å². The monoisotopic (exact) mass is 285 g/mol. The Morgan fingerprint density at radius 2 is 2.37 bits per heavy atom. The Labute approximate surface area is 111 Å². The second kappa shape index (κ2) is 4.62. The maximum atomic E-state index is 13.8. The van der Waals surface area contributed by atoms with Crippen LogP contribution in [-0.4, -0.2) is 48.9 Å². The summed E-state index contributed by atoms with van der Waals surface area (Å²) < 4.78 is 15.3. The van der Waals surface area contributed by atoms with Crippen molar-refractivity contribution in [3.8, 4) is 0 Å². The van der Waals surface area contributed by atoms with Crippen LogP contribution in [0, 0.1) is 0 Å². The molecule has 2 aromatic heterocycles. The van der Waals surface area contributed by atoms with Gasteiger partial charge in [0.15, 0.2) is 0 Å². The third-order valence-electron chi connectivity index (χ3n) is 3.26. The molecule has 2 aromatic rings.